The van der Waals surface area contributed by atoms with Crippen molar-refractivity contribution in [1.29, 1.82) is 0 Å². The van der Waals surface area contributed by atoms with Crippen molar-refractivity contribution in [2.24, 2.45) is 11.8 Å². The zero-order chi connectivity index (χ0) is 23.1. The molecule has 0 bridgehead atoms. The molecule has 5 heteroatoms. The molecule has 0 radical (unpaired) electrons. The van der Waals surface area contributed by atoms with Gasteiger partial charge in [-0.2, -0.15) is 0 Å². The summed E-state index contributed by atoms with van der Waals surface area (Å²) in [5, 5.41) is 5.91. The van der Waals surface area contributed by atoms with Gasteiger partial charge in [0, 0.05) is 36.6 Å². The first-order valence-corrected chi connectivity index (χ1v) is 12.1. The quantitative estimate of drug-likeness (QED) is 0.469. The number of piperidine rings is 1. The normalized spacial score (nSPS) is 16.3. The van der Waals surface area contributed by atoms with Gasteiger partial charge >= 0.3 is 6.03 Å². The Balaban J connectivity index is 1.65. The molecule has 2 aromatic rings. The highest BCUT2D eigenvalue weighted by molar-refractivity contribution is 5.89. The molecule has 1 aliphatic rings. The van der Waals surface area contributed by atoms with Crippen molar-refractivity contribution in [2.75, 3.05) is 23.3 Å². The van der Waals surface area contributed by atoms with Gasteiger partial charge in [-0.3, -0.25) is 0 Å². The van der Waals surface area contributed by atoms with Gasteiger partial charge in [0.2, 0.25) is 0 Å². The van der Waals surface area contributed by atoms with E-state index in [0.29, 0.717) is 11.4 Å². The number of anilines is 2. The van der Waals surface area contributed by atoms with Gasteiger partial charge in [0.15, 0.2) is 0 Å². The predicted molar refractivity (Wildman–Crippen MR) is 134 cm³/mol. The monoisotopic (exact) mass is 437 g/mol. The van der Waals surface area contributed by atoms with Gasteiger partial charge in [0.1, 0.15) is 11.5 Å². The average Bonchev–Trinajstić information content (AvgIpc) is 2.79. The Hall–Kier alpha value is -2.69. The first-order chi connectivity index (χ1) is 15.4. The summed E-state index contributed by atoms with van der Waals surface area (Å²) >= 11 is 0. The lowest BCUT2D eigenvalue weighted by Gasteiger charge is -2.36. The molecule has 1 unspecified atom stereocenters. The van der Waals surface area contributed by atoms with Crippen molar-refractivity contribution in [3.8, 4) is 11.5 Å². The van der Waals surface area contributed by atoms with E-state index in [1.807, 2.05) is 24.3 Å². The third-order valence-corrected chi connectivity index (χ3v) is 6.56. The number of hydrogen-bond acceptors (Lipinski definition) is 3. The van der Waals surface area contributed by atoms with Crippen LogP contribution in [0.4, 0.5) is 16.2 Å². The maximum Gasteiger partial charge on any atom is 0.319 e. The van der Waals surface area contributed by atoms with Gasteiger partial charge in [-0.25, -0.2) is 4.79 Å². The highest BCUT2D eigenvalue weighted by Gasteiger charge is 2.23. The standard InChI is InChI=1S/C27H39N3O2/c1-6-22(7-2)28-27(31)29-23-11-8-12-25(17-23)32-26-14-13-24(16-20(26)5)30-15-9-10-21(18-30)19(3)4/h8,11-14,16-17,19,21-22H,6-7,9-10,15,18H2,1-5H3,(H2,28,29,31). The fourth-order valence-electron chi connectivity index (χ4n) is 4.34. The number of hydrogen-bond donors (Lipinski definition) is 2. The van der Waals surface area contributed by atoms with Gasteiger partial charge < -0.3 is 20.3 Å². The Morgan fingerprint density at radius 3 is 2.62 bits per heavy atom. The van der Waals surface area contributed by atoms with Crippen LogP contribution in [0.1, 0.15) is 58.9 Å². The van der Waals surface area contributed by atoms with Crippen LogP contribution >= 0.6 is 0 Å². The number of nitrogens with zero attached hydrogens (tertiary/aromatic N) is 1. The number of rotatable bonds is 8. The van der Waals surface area contributed by atoms with Gasteiger partial charge in [-0.15, -0.1) is 0 Å². The number of benzene rings is 2. The predicted octanol–water partition coefficient (Wildman–Crippen LogP) is 6.97. The Kier molecular flexibility index (Phi) is 8.43. The number of aryl methyl sites for hydroxylation is 1. The van der Waals surface area contributed by atoms with Crippen LogP contribution in [-0.2, 0) is 0 Å². The van der Waals surface area contributed by atoms with Crippen LogP contribution in [-0.4, -0.2) is 25.2 Å². The molecule has 0 aromatic heterocycles. The summed E-state index contributed by atoms with van der Waals surface area (Å²) in [4.78, 5) is 14.8. The number of carbonyl (C=O) groups is 1. The second-order valence-corrected chi connectivity index (χ2v) is 9.28. The number of carbonyl (C=O) groups excluding carboxylic acids is 1. The minimum Gasteiger partial charge on any atom is -0.457 e. The van der Waals surface area contributed by atoms with Crippen molar-refractivity contribution < 1.29 is 9.53 Å². The lowest BCUT2D eigenvalue weighted by Crippen LogP contribution is -2.37. The fraction of sp³-hybridized carbons (Fsp3) is 0.519. The van der Waals surface area contributed by atoms with Crippen LogP contribution in [0.15, 0.2) is 42.5 Å². The second kappa shape index (κ2) is 11.3. The molecular formula is C27H39N3O2. The minimum absolute atomic E-state index is 0.183. The van der Waals surface area contributed by atoms with E-state index < -0.39 is 0 Å². The highest BCUT2D eigenvalue weighted by atomic mass is 16.5. The second-order valence-electron chi connectivity index (χ2n) is 9.28. The summed E-state index contributed by atoms with van der Waals surface area (Å²) in [6.07, 6.45) is 4.41. The molecule has 1 fully saturated rings. The van der Waals surface area contributed by atoms with Crippen molar-refractivity contribution in [2.45, 2.75) is 66.3 Å². The van der Waals surface area contributed by atoms with Gasteiger partial charge in [-0.05, 0) is 80.3 Å². The zero-order valence-corrected chi connectivity index (χ0v) is 20.3. The Morgan fingerprint density at radius 1 is 1.16 bits per heavy atom. The van der Waals surface area contributed by atoms with Crippen molar-refractivity contribution in [3.05, 3.63) is 48.0 Å². The molecule has 2 aromatic carbocycles. The van der Waals surface area contributed by atoms with Crippen LogP contribution in [0, 0.1) is 18.8 Å². The molecule has 1 aliphatic heterocycles. The number of ether oxygens (including phenoxy) is 1. The van der Waals surface area contributed by atoms with Gasteiger partial charge in [0.05, 0.1) is 0 Å². The van der Waals surface area contributed by atoms with E-state index in [1.165, 1.54) is 18.5 Å². The smallest absolute Gasteiger partial charge is 0.319 e. The maximum atomic E-state index is 12.2. The molecule has 0 saturated carbocycles. The van der Waals surface area contributed by atoms with Crippen LogP contribution in [0.25, 0.3) is 0 Å². The van der Waals surface area contributed by atoms with E-state index >= 15 is 0 Å². The lowest BCUT2D eigenvalue weighted by molar-refractivity contribution is 0.247. The lowest BCUT2D eigenvalue weighted by atomic mass is 9.87. The Labute approximate surface area is 193 Å². The SMILES string of the molecule is CCC(CC)NC(=O)Nc1cccc(Oc2ccc(N3CCCC(C(C)C)C3)cc2C)c1. The van der Waals surface area contributed by atoms with E-state index in [0.717, 1.165) is 49.1 Å². The third kappa shape index (κ3) is 6.41. The molecule has 0 aliphatic carbocycles. The van der Waals surface area contributed by atoms with Gasteiger partial charge in [-0.1, -0.05) is 33.8 Å². The summed E-state index contributed by atoms with van der Waals surface area (Å²) in [7, 11) is 0. The highest BCUT2D eigenvalue weighted by Crippen LogP contribution is 2.32. The number of nitrogens with one attached hydrogen (secondary N) is 2. The van der Waals surface area contributed by atoms with Crippen molar-refractivity contribution in [1.82, 2.24) is 5.32 Å². The van der Waals surface area contributed by atoms with E-state index in [2.05, 4.69) is 68.4 Å². The summed E-state index contributed by atoms with van der Waals surface area (Å²) in [5.74, 6) is 3.03. The van der Waals surface area contributed by atoms with E-state index in [1.54, 1.807) is 0 Å². The average molecular weight is 438 g/mol. The summed E-state index contributed by atoms with van der Waals surface area (Å²) in [5.41, 5.74) is 3.10. The van der Waals surface area contributed by atoms with Gasteiger partial charge in [0.25, 0.3) is 0 Å². The first kappa shape index (κ1) is 24.0. The van der Waals surface area contributed by atoms with Crippen molar-refractivity contribution in [3.63, 3.8) is 0 Å². The topological polar surface area (TPSA) is 53.6 Å². The van der Waals surface area contributed by atoms with Crippen molar-refractivity contribution >= 4 is 17.4 Å². The molecule has 32 heavy (non-hydrogen) atoms. The molecule has 1 atom stereocenters. The summed E-state index contributed by atoms with van der Waals surface area (Å²) in [6, 6.07) is 14.0. The molecule has 1 saturated heterocycles. The number of amides is 2. The fourth-order valence-corrected chi connectivity index (χ4v) is 4.34. The number of urea groups is 1. The largest absolute Gasteiger partial charge is 0.457 e. The Morgan fingerprint density at radius 2 is 1.94 bits per heavy atom. The van der Waals surface area contributed by atoms with E-state index in [4.69, 9.17) is 4.74 Å². The van der Waals surface area contributed by atoms with Crippen LogP contribution < -0.4 is 20.3 Å². The van der Waals surface area contributed by atoms with E-state index in [9.17, 15) is 4.79 Å². The summed E-state index contributed by atoms with van der Waals surface area (Å²) in [6.45, 7) is 13.1. The van der Waals surface area contributed by atoms with Crippen LogP contribution in [0.5, 0.6) is 11.5 Å². The molecule has 1 heterocycles. The van der Waals surface area contributed by atoms with Crippen LogP contribution in [0.3, 0.4) is 0 Å². The zero-order valence-electron chi connectivity index (χ0n) is 20.3. The molecule has 3 rings (SSSR count). The molecule has 5 nitrogen and oxygen atoms in total. The molecule has 0 spiro atoms. The molecule has 174 valence electrons. The molecular weight excluding hydrogens is 398 g/mol. The first-order valence-electron chi connectivity index (χ1n) is 12.1. The van der Waals surface area contributed by atoms with E-state index in [-0.39, 0.29) is 12.1 Å². The minimum atomic E-state index is -0.183. The third-order valence-electron chi connectivity index (χ3n) is 6.56. The Bertz CT molecular complexity index is 892. The summed E-state index contributed by atoms with van der Waals surface area (Å²) < 4.78 is 6.17. The molecule has 2 amide bonds. The maximum absolute atomic E-state index is 12.2. The van der Waals surface area contributed by atoms with Crippen LogP contribution in [0.2, 0.25) is 0 Å². The molecule has 2 N–H and O–H groups in total.